The molecule has 2 aliphatic rings. The normalized spacial score (nSPS) is 27.2. The second-order valence-electron chi connectivity index (χ2n) is 6.97. The average Bonchev–Trinajstić information content (AvgIpc) is 3.01. The van der Waals surface area contributed by atoms with Gasteiger partial charge in [-0.25, -0.2) is 0 Å². The number of aliphatic imine (C=N–C) groups is 1. The third-order valence-corrected chi connectivity index (χ3v) is 5.94. The first-order valence-electron chi connectivity index (χ1n) is 9.67. The van der Waals surface area contributed by atoms with Gasteiger partial charge in [-0.1, -0.05) is 13.8 Å². The Morgan fingerprint density at radius 2 is 2.08 bits per heavy atom. The van der Waals surface area contributed by atoms with Crippen LogP contribution in [0.15, 0.2) is 4.99 Å². The van der Waals surface area contributed by atoms with Gasteiger partial charge in [0.05, 0.1) is 13.2 Å². The maximum absolute atomic E-state index is 5.42. The molecule has 0 aromatic heterocycles. The largest absolute Gasteiger partial charge is 0.379 e. The molecule has 0 amide bonds. The van der Waals surface area contributed by atoms with Gasteiger partial charge in [0.15, 0.2) is 5.96 Å². The molecule has 1 aliphatic heterocycles. The molecule has 24 heavy (non-hydrogen) atoms. The van der Waals surface area contributed by atoms with E-state index in [-0.39, 0.29) is 0 Å². The zero-order valence-electron chi connectivity index (χ0n) is 15.7. The van der Waals surface area contributed by atoms with E-state index in [0.717, 1.165) is 57.1 Å². The van der Waals surface area contributed by atoms with Crippen LogP contribution in [0, 0.1) is 5.92 Å². The smallest absolute Gasteiger partial charge is 0.191 e. The van der Waals surface area contributed by atoms with Crippen molar-refractivity contribution in [3.05, 3.63) is 0 Å². The SMILES string of the molecule is CCNC(=NCC(C)CN1CCOCC1)NC1CCC(SCC)C1. The van der Waals surface area contributed by atoms with Crippen molar-refractivity contribution >= 4 is 17.7 Å². The molecule has 0 radical (unpaired) electrons. The van der Waals surface area contributed by atoms with E-state index >= 15 is 0 Å². The van der Waals surface area contributed by atoms with E-state index in [0.29, 0.717) is 12.0 Å². The summed E-state index contributed by atoms with van der Waals surface area (Å²) in [6.45, 7) is 13.5. The third-order valence-electron chi connectivity index (χ3n) is 4.71. The van der Waals surface area contributed by atoms with Crippen LogP contribution < -0.4 is 10.6 Å². The fourth-order valence-electron chi connectivity index (χ4n) is 3.50. The second-order valence-corrected chi connectivity index (χ2v) is 8.55. The van der Waals surface area contributed by atoms with Crippen molar-refractivity contribution in [1.82, 2.24) is 15.5 Å². The molecule has 0 aromatic rings. The Hall–Kier alpha value is -0.460. The van der Waals surface area contributed by atoms with E-state index in [4.69, 9.17) is 9.73 Å². The van der Waals surface area contributed by atoms with Gasteiger partial charge in [0.25, 0.3) is 0 Å². The first-order valence-corrected chi connectivity index (χ1v) is 10.7. The van der Waals surface area contributed by atoms with E-state index in [1.807, 2.05) is 0 Å². The Kier molecular flexibility index (Phi) is 9.28. The number of thioether (sulfide) groups is 1. The minimum atomic E-state index is 0.575. The molecule has 140 valence electrons. The number of morpholine rings is 1. The molecule has 1 saturated carbocycles. The van der Waals surface area contributed by atoms with Crippen LogP contribution in [0.2, 0.25) is 0 Å². The molecular weight excluding hydrogens is 320 g/mol. The summed E-state index contributed by atoms with van der Waals surface area (Å²) in [5.74, 6) is 2.80. The van der Waals surface area contributed by atoms with E-state index in [1.165, 1.54) is 25.0 Å². The summed E-state index contributed by atoms with van der Waals surface area (Å²) in [7, 11) is 0. The van der Waals surface area contributed by atoms with E-state index in [9.17, 15) is 0 Å². The minimum absolute atomic E-state index is 0.575. The second kappa shape index (κ2) is 11.2. The minimum Gasteiger partial charge on any atom is -0.379 e. The highest BCUT2D eigenvalue weighted by molar-refractivity contribution is 7.99. The number of nitrogens with one attached hydrogen (secondary N) is 2. The Morgan fingerprint density at radius 3 is 2.79 bits per heavy atom. The van der Waals surface area contributed by atoms with Crippen LogP contribution >= 0.6 is 11.8 Å². The molecule has 6 heteroatoms. The molecule has 0 bridgehead atoms. The van der Waals surface area contributed by atoms with E-state index in [2.05, 4.69) is 48.1 Å². The Labute approximate surface area is 152 Å². The van der Waals surface area contributed by atoms with E-state index in [1.54, 1.807) is 0 Å². The number of ether oxygens (including phenoxy) is 1. The molecule has 5 nitrogen and oxygen atoms in total. The summed E-state index contributed by atoms with van der Waals surface area (Å²) < 4.78 is 5.42. The van der Waals surface area contributed by atoms with Gasteiger partial charge in [0.2, 0.25) is 0 Å². The van der Waals surface area contributed by atoms with Gasteiger partial charge >= 0.3 is 0 Å². The number of hydrogen-bond acceptors (Lipinski definition) is 4. The summed E-state index contributed by atoms with van der Waals surface area (Å²) in [4.78, 5) is 7.34. The summed E-state index contributed by atoms with van der Waals surface area (Å²) in [5.41, 5.74) is 0. The summed E-state index contributed by atoms with van der Waals surface area (Å²) >= 11 is 2.10. The third kappa shape index (κ3) is 7.19. The standard InChI is InChI=1S/C18H36N4OS/c1-4-19-18(21-16-6-7-17(12-16)24-5-2)20-13-15(3)14-22-8-10-23-11-9-22/h15-17H,4-14H2,1-3H3,(H2,19,20,21). The van der Waals surface area contributed by atoms with Crippen molar-refractivity contribution in [2.75, 3.05) is 51.7 Å². The van der Waals surface area contributed by atoms with Crippen LogP contribution in [0.1, 0.15) is 40.0 Å². The lowest BCUT2D eigenvalue weighted by Gasteiger charge is -2.28. The monoisotopic (exact) mass is 356 g/mol. The average molecular weight is 357 g/mol. The van der Waals surface area contributed by atoms with Gasteiger partial charge in [-0.05, 0) is 37.9 Å². The number of nitrogens with zero attached hydrogens (tertiary/aromatic N) is 2. The fraction of sp³-hybridized carbons (Fsp3) is 0.944. The highest BCUT2D eigenvalue weighted by Crippen LogP contribution is 2.29. The van der Waals surface area contributed by atoms with Crippen LogP contribution in [-0.4, -0.2) is 73.8 Å². The molecule has 1 saturated heterocycles. The van der Waals surface area contributed by atoms with Gasteiger partial charge in [-0.15, -0.1) is 0 Å². The molecule has 0 aromatic carbocycles. The zero-order chi connectivity index (χ0) is 17.2. The quantitative estimate of drug-likeness (QED) is 0.516. The number of hydrogen-bond donors (Lipinski definition) is 2. The highest BCUT2D eigenvalue weighted by Gasteiger charge is 2.25. The fourth-order valence-corrected chi connectivity index (χ4v) is 4.64. The van der Waals surface area contributed by atoms with Gasteiger partial charge in [-0.2, -0.15) is 11.8 Å². The first-order chi connectivity index (χ1) is 11.7. The molecule has 2 N–H and O–H groups in total. The van der Waals surface area contributed by atoms with Crippen molar-refractivity contribution < 1.29 is 4.74 Å². The van der Waals surface area contributed by atoms with Crippen molar-refractivity contribution in [2.45, 2.75) is 51.3 Å². The van der Waals surface area contributed by atoms with Gasteiger partial charge in [0, 0.05) is 44.0 Å². The Morgan fingerprint density at radius 1 is 1.29 bits per heavy atom. The molecule has 2 fully saturated rings. The summed E-state index contributed by atoms with van der Waals surface area (Å²) in [5, 5.41) is 7.90. The predicted molar refractivity (Wildman–Crippen MR) is 105 cm³/mol. The summed E-state index contributed by atoms with van der Waals surface area (Å²) in [6, 6.07) is 0.585. The van der Waals surface area contributed by atoms with Crippen LogP contribution in [0.5, 0.6) is 0 Å². The van der Waals surface area contributed by atoms with Crippen molar-refractivity contribution in [3.63, 3.8) is 0 Å². The predicted octanol–water partition coefficient (Wildman–Crippen LogP) is 2.18. The Bertz CT molecular complexity index is 374. The highest BCUT2D eigenvalue weighted by atomic mass is 32.2. The molecule has 3 atom stereocenters. The van der Waals surface area contributed by atoms with Crippen molar-refractivity contribution in [3.8, 4) is 0 Å². The number of guanidine groups is 1. The molecule has 2 rings (SSSR count). The van der Waals surface area contributed by atoms with Gasteiger partial charge < -0.3 is 15.4 Å². The lowest BCUT2D eigenvalue weighted by Crippen LogP contribution is -2.43. The maximum atomic E-state index is 5.42. The van der Waals surface area contributed by atoms with E-state index < -0.39 is 0 Å². The van der Waals surface area contributed by atoms with Crippen molar-refractivity contribution in [2.24, 2.45) is 10.9 Å². The topological polar surface area (TPSA) is 48.9 Å². The zero-order valence-corrected chi connectivity index (χ0v) is 16.5. The molecule has 1 heterocycles. The van der Waals surface area contributed by atoms with Crippen LogP contribution in [0.4, 0.5) is 0 Å². The number of rotatable bonds is 8. The van der Waals surface area contributed by atoms with Gasteiger partial charge in [-0.3, -0.25) is 9.89 Å². The molecule has 1 aliphatic carbocycles. The van der Waals surface area contributed by atoms with Gasteiger partial charge in [0.1, 0.15) is 0 Å². The maximum Gasteiger partial charge on any atom is 0.191 e. The molecule has 3 unspecified atom stereocenters. The summed E-state index contributed by atoms with van der Waals surface area (Å²) in [6.07, 6.45) is 3.88. The van der Waals surface area contributed by atoms with Crippen LogP contribution in [0.25, 0.3) is 0 Å². The molecular formula is C18H36N4OS. The van der Waals surface area contributed by atoms with Crippen molar-refractivity contribution in [1.29, 1.82) is 0 Å². The van der Waals surface area contributed by atoms with Crippen LogP contribution in [0.3, 0.4) is 0 Å². The lowest BCUT2D eigenvalue weighted by molar-refractivity contribution is 0.0323. The molecule has 0 spiro atoms. The van der Waals surface area contributed by atoms with Crippen LogP contribution in [-0.2, 0) is 4.74 Å². The lowest BCUT2D eigenvalue weighted by atomic mass is 10.1. The Balaban J connectivity index is 1.75. The first kappa shape index (κ1) is 19.9.